The van der Waals surface area contributed by atoms with Crippen LogP contribution in [-0.2, 0) is 11.2 Å². The molecule has 0 N–H and O–H groups in total. The first-order valence-electron chi connectivity index (χ1n) is 7.23. The van der Waals surface area contributed by atoms with Crippen LogP contribution in [0.1, 0.15) is 48.7 Å². The van der Waals surface area contributed by atoms with Gasteiger partial charge in [-0.3, -0.25) is 4.98 Å². The zero-order valence-electron chi connectivity index (χ0n) is 12.2. The third-order valence-electron chi connectivity index (χ3n) is 3.46. The minimum absolute atomic E-state index is 0.293. The van der Waals surface area contributed by atoms with Crippen molar-refractivity contribution in [3.05, 3.63) is 41.6 Å². The van der Waals surface area contributed by atoms with Crippen molar-refractivity contribution in [3.63, 3.8) is 0 Å². The monoisotopic (exact) mass is 271 g/mol. The number of ether oxygens (including phenoxy) is 1. The minimum Gasteiger partial charge on any atom is -0.465 e. The molecule has 0 saturated carbocycles. The number of fused-ring (bicyclic) bond motifs is 1. The average molecular weight is 271 g/mol. The van der Waals surface area contributed by atoms with Gasteiger partial charge in [-0.2, -0.15) is 0 Å². The third kappa shape index (κ3) is 3.35. The summed E-state index contributed by atoms with van der Waals surface area (Å²) < 4.78 is 4.88. The molecule has 0 aliphatic heterocycles. The van der Waals surface area contributed by atoms with Crippen LogP contribution in [0.5, 0.6) is 0 Å². The predicted molar refractivity (Wildman–Crippen MR) is 80.9 cm³/mol. The molecule has 1 aromatic carbocycles. The molecule has 0 fully saturated rings. The number of hydrogen-bond acceptors (Lipinski definition) is 3. The molecule has 2 aromatic rings. The van der Waals surface area contributed by atoms with E-state index in [0.29, 0.717) is 5.56 Å². The Morgan fingerprint density at radius 3 is 2.75 bits per heavy atom. The van der Waals surface area contributed by atoms with Crippen LogP contribution in [-0.4, -0.2) is 18.1 Å². The van der Waals surface area contributed by atoms with E-state index in [1.807, 2.05) is 30.3 Å². The summed E-state index contributed by atoms with van der Waals surface area (Å²) in [4.78, 5) is 16.5. The lowest BCUT2D eigenvalue weighted by Crippen LogP contribution is -2.05. The minimum atomic E-state index is -0.293. The fourth-order valence-electron chi connectivity index (χ4n) is 2.37. The highest BCUT2D eigenvalue weighted by Gasteiger charge is 2.12. The van der Waals surface area contributed by atoms with E-state index >= 15 is 0 Å². The maximum absolute atomic E-state index is 11.9. The van der Waals surface area contributed by atoms with Gasteiger partial charge in [-0.05, 0) is 25.0 Å². The first kappa shape index (κ1) is 14.5. The van der Waals surface area contributed by atoms with Crippen molar-refractivity contribution < 1.29 is 9.53 Å². The molecule has 0 atom stereocenters. The van der Waals surface area contributed by atoms with Gasteiger partial charge in [-0.25, -0.2) is 4.79 Å². The SMILES string of the molecule is CCCCCCc1cc(C(=O)OC)c2ccccc2n1. The zero-order valence-corrected chi connectivity index (χ0v) is 12.2. The van der Waals surface area contributed by atoms with Gasteiger partial charge in [0.25, 0.3) is 0 Å². The Bertz CT molecular complexity index is 593. The molecule has 106 valence electrons. The van der Waals surface area contributed by atoms with Crippen LogP contribution < -0.4 is 0 Å². The number of hydrogen-bond donors (Lipinski definition) is 0. The Morgan fingerprint density at radius 1 is 1.20 bits per heavy atom. The molecular weight excluding hydrogens is 250 g/mol. The summed E-state index contributed by atoms with van der Waals surface area (Å²) in [6.45, 7) is 2.20. The number of carbonyl (C=O) groups is 1. The number of unbranched alkanes of at least 4 members (excludes halogenated alkanes) is 3. The average Bonchev–Trinajstić information content (AvgIpc) is 2.50. The van der Waals surface area contributed by atoms with Gasteiger partial charge in [0.2, 0.25) is 0 Å². The van der Waals surface area contributed by atoms with Crippen LogP contribution in [0.3, 0.4) is 0 Å². The zero-order chi connectivity index (χ0) is 14.4. The van der Waals surface area contributed by atoms with Crippen molar-refractivity contribution in [2.24, 2.45) is 0 Å². The molecule has 1 heterocycles. The lowest BCUT2D eigenvalue weighted by Gasteiger charge is -2.08. The molecule has 0 amide bonds. The molecule has 0 aliphatic rings. The molecule has 0 aliphatic carbocycles. The summed E-state index contributed by atoms with van der Waals surface area (Å²) in [7, 11) is 1.42. The third-order valence-corrected chi connectivity index (χ3v) is 3.46. The van der Waals surface area contributed by atoms with Crippen molar-refractivity contribution in [1.82, 2.24) is 4.98 Å². The number of para-hydroxylation sites is 1. The first-order chi connectivity index (χ1) is 9.76. The van der Waals surface area contributed by atoms with Gasteiger partial charge in [0, 0.05) is 11.1 Å². The quantitative estimate of drug-likeness (QED) is 0.585. The van der Waals surface area contributed by atoms with E-state index < -0.39 is 0 Å². The number of benzene rings is 1. The summed E-state index contributed by atoms with van der Waals surface area (Å²) in [6.07, 6.45) is 5.70. The van der Waals surface area contributed by atoms with Crippen LogP contribution in [0.4, 0.5) is 0 Å². The Labute approximate surface area is 120 Å². The van der Waals surface area contributed by atoms with Gasteiger partial charge in [-0.15, -0.1) is 0 Å². The van der Waals surface area contributed by atoms with Crippen molar-refractivity contribution in [1.29, 1.82) is 0 Å². The van der Waals surface area contributed by atoms with E-state index in [1.54, 1.807) is 0 Å². The molecule has 0 spiro atoms. The Kier molecular flexibility index (Phi) is 5.10. The molecule has 0 radical (unpaired) electrons. The number of aryl methyl sites for hydroxylation is 1. The number of carbonyl (C=O) groups excluding carboxylic acids is 1. The molecule has 20 heavy (non-hydrogen) atoms. The van der Waals surface area contributed by atoms with Gasteiger partial charge < -0.3 is 4.74 Å². The molecular formula is C17H21NO2. The number of pyridine rings is 1. The number of esters is 1. The van der Waals surface area contributed by atoms with Crippen LogP contribution in [0.25, 0.3) is 10.9 Å². The van der Waals surface area contributed by atoms with Gasteiger partial charge in [-0.1, -0.05) is 44.4 Å². The van der Waals surface area contributed by atoms with Crippen molar-refractivity contribution >= 4 is 16.9 Å². The lowest BCUT2D eigenvalue weighted by atomic mass is 10.0. The maximum Gasteiger partial charge on any atom is 0.338 e. The summed E-state index contributed by atoms with van der Waals surface area (Å²) in [5, 5.41) is 0.858. The first-order valence-corrected chi connectivity index (χ1v) is 7.23. The second-order valence-electron chi connectivity index (χ2n) is 4.98. The maximum atomic E-state index is 11.9. The van der Waals surface area contributed by atoms with Crippen LogP contribution in [0.2, 0.25) is 0 Å². The van der Waals surface area contributed by atoms with Crippen molar-refractivity contribution in [3.8, 4) is 0 Å². The molecule has 3 nitrogen and oxygen atoms in total. The van der Waals surface area contributed by atoms with E-state index in [0.717, 1.165) is 29.4 Å². The topological polar surface area (TPSA) is 39.2 Å². The highest BCUT2D eigenvalue weighted by atomic mass is 16.5. The fraction of sp³-hybridized carbons (Fsp3) is 0.412. The van der Waals surface area contributed by atoms with E-state index in [2.05, 4.69) is 11.9 Å². The molecule has 0 unspecified atom stereocenters. The van der Waals surface area contributed by atoms with Gasteiger partial charge >= 0.3 is 5.97 Å². The van der Waals surface area contributed by atoms with Crippen molar-refractivity contribution in [2.45, 2.75) is 39.0 Å². The normalized spacial score (nSPS) is 10.7. The highest BCUT2D eigenvalue weighted by molar-refractivity contribution is 6.03. The van der Waals surface area contributed by atoms with Gasteiger partial charge in [0.15, 0.2) is 0 Å². The van der Waals surface area contributed by atoms with E-state index in [1.165, 1.54) is 26.4 Å². The van der Waals surface area contributed by atoms with Crippen molar-refractivity contribution in [2.75, 3.05) is 7.11 Å². The fourth-order valence-corrected chi connectivity index (χ4v) is 2.37. The number of rotatable bonds is 6. The Balaban J connectivity index is 2.29. The Hall–Kier alpha value is -1.90. The summed E-state index contributed by atoms with van der Waals surface area (Å²) in [5.41, 5.74) is 2.45. The number of aromatic nitrogens is 1. The van der Waals surface area contributed by atoms with Gasteiger partial charge in [0.1, 0.15) is 0 Å². The Morgan fingerprint density at radius 2 is 2.00 bits per heavy atom. The highest BCUT2D eigenvalue weighted by Crippen LogP contribution is 2.20. The van der Waals surface area contributed by atoms with Crippen LogP contribution in [0, 0.1) is 0 Å². The van der Waals surface area contributed by atoms with E-state index in [-0.39, 0.29) is 5.97 Å². The molecule has 1 aromatic heterocycles. The summed E-state index contributed by atoms with van der Waals surface area (Å²) in [5.74, 6) is -0.293. The lowest BCUT2D eigenvalue weighted by molar-refractivity contribution is 0.0603. The van der Waals surface area contributed by atoms with E-state index in [9.17, 15) is 4.79 Å². The summed E-state index contributed by atoms with van der Waals surface area (Å²) >= 11 is 0. The molecule has 0 saturated heterocycles. The second kappa shape index (κ2) is 7.04. The summed E-state index contributed by atoms with van der Waals surface area (Å²) in [6, 6.07) is 9.58. The smallest absolute Gasteiger partial charge is 0.338 e. The van der Waals surface area contributed by atoms with Crippen LogP contribution >= 0.6 is 0 Å². The van der Waals surface area contributed by atoms with Gasteiger partial charge in [0.05, 0.1) is 18.2 Å². The largest absolute Gasteiger partial charge is 0.465 e. The van der Waals surface area contributed by atoms with Crippen LogP contribution in [0.15, 0.2) is 30.3 Å². The molecule has 3 heteroatoms. The van der Waals surface area contributed by atoms with E-state index in [4.69, 9.17) is 4.74 Å². The number of methoxy groups -OCH3 is 1. The predicted octanol–water partition coefficient (Wildman–Crippen LogP) is 4.14. The standard InChI is InChI=1S/C17H21NO2/c1-3-4-5-6-9-13-12-15(17(19)20-2)14-10-7-8-11-16(14)18-13/h7-8,10-12H,3-6,9H2,1-2H3. The second-order valence-corrected chi connectivity index (χ2v) is 4.98. The number of nitrogens with zero attached hydrogens (tertiary/aromatic N) is 1. The molecule has 0 bridgehead atoms. The molecule has 2 rings (SSSR count).